The molecule has 0 saturated carbocycles. The number of hydrogen-bond acceptors (Lipinski definition) is 8. The van der Waals surface area contributed by atoms with Crippen LogP contribution in [0.2, 0.25) is 0 Å². The molecule has 0 radical (unpaired) electrons. The summed E-state index contributed by atoms with van der Waals surface area (Å²) in [5.74, 6) is -0.245. The summed E-state index contributed by atoms with van der Waals surface area (Å²) >= 11 is 0. The maximum absolute atomic E-state index is 14.1. The first-order valence-corrected chi connectivity index (χ1v) is 9.62. The third-order valence-corrected chi connectivity index (χ3v) is 5.18. The van der Waals surface area contributed by atoms with Crippen LogP contribution in [0.4, 0.5) is 15.9 Å². The summed E-state index contributed by atoms with van der Waals surface area (Å²) < 4.78 is 21.1. The van der Waals surface area contributed by atoms with Crippen LogP contribution in [0.25, 0.3) is 17.0 Å². The van der Waals surface area contributed by atoms with Crippen LogP contribution >= 0.6 is 0 Å². The van der Waals surface area contributed by atoms with E-state index >= 15 is 0 Å². The maximum atomic E-state index is 14.1. The van der Waals surface area contributed by atoms with Crippen molar-refractivity contribution in [1.29, 1.82) is 5.26 Å². The highest BCUT2D eigenvalue weighted by molar-refractivity contribution is 5.78. The molecule has 1 aliphatic heterocycles. The molecule has 1 atom stereocenters. The summed E-state index contributed by atoms with van der Waals surface area (Å²) in [7, 11) is 0. The molecule has 0 unspecified atom stereocenters. The summed E-state index contributed by atoms with van der Waals surface area (Å²) in [5, 5.41) is 23.9. The van der Waals surface area contributed by atoms with Gasteiger partial charge in [0, 0.05) is 12.0 Å². The SMILES string of the molecule is N#Cc1ccc2ncn(-c3ncc([N+](=O)[O-])c(N[C@@H]4CCOc5c(F)cccc54)n3)c2c1. The van der Waals surface area contributed by atoms with Gasteiger partial charge in [-0.3, -0.25) is 14.7 Å². The van der Waals surface area contributed by atoms with Crippen LogP contribution in [0.5, 0.6) is 5.75 Å². The van der Waals surface area contributed by atoms with Gasteiger partial charge in [0.1, 0.15) is 12.5 Å². The Bertz CT molecular complexity index is 1410. The lowest BCUT2D eigenvalue weighted by Gasteiger charge is -2.27. The van der Waals surface area contributed by atoms with Gasteiger partial charge in [0.2, 0.25) is 11.8 Å². The van der Waals surface area contributed by atoms with Crippen LogP contribution < -0.4 is 10.1 Å². The van der Waals surface area contributed by atoms with Crippen LogP contribution in [0, 0.1) is 27.3 Å². The smallest absolute Gasteiger partial charge is 0.329 e. The highest BCUT2D eigenvalue weighted by atomic mass is 19.1. The van der Waals surface area contributed by atoms with Crippen LogP contribution in [-0.2, 0) is 0 Å². The van der Waals surface area contributed by atoms with Crippen LogP contribution in [-0.4, -0.2) is 31.0 Å². The van der Waals surface area contributed by atoms with E-state index in [-0.39, 0.29) is 29.8 Å². The number of nitriles is 1. The lowest BCUT2D eigenvalue weighted by molar-refractivity contribution is -0.384. The van der Waals surface area contributed by atoms with Crippen molar-refractivity contribution in [3.8, 4) is 17.8 Å². The molecule has 0 fully saturated rings. The van der Waals surface area contributed by atoms with E-state index in [1.807, 2.05) is 0 Å². The Balaban J connectivity index is 1.59. The molecule has 5 rings (SSSR count). The number of rotatable bonds is 4. The number of anilines is 1. The fourth-order valence-electron chi connectivity index (χ4n) is 3.66. The first kappa shape index (κ1) is 19.4. The second kappa shape index (κ2) is 7.59. The van der Waals surface area contributed by atoms with Gasteiger partial charge in [-0.05, 0) is 24.3 Å². The number of aromatic nitrogens is 4. The molecule has 0 amide bonds. The highest BCUT2D eigenvalue weighted by Gasteiger charge is 2.28. The molecule has 1 N–H and O–H groups in total. The lowest BCUT2D eigenvalue weighted by Crippen LogP contribution is -2.22. The fraction of sp³-hybridized carbons (Fsp3) is 0.143. The van der Waals surface area contributed by atoms with E-state index in [4.69, 9.17) is 4.74 Å². The molecule has 0 aliphatic carbocycles. The molecule has 0 bridgehead atoms. The molecule has 158 valence electrons. The number of ether oxygens (including phenoxy) is 1. The molecule has 1 aliphatic rings. The standard InChI is InChI=1S/C21H14FN7O3/c22-14-3-1-2-13-15(6-7-32-19(13)14)26-20-18(29(30)31)10-24-21(27-20)28-11-25-16-5-4-12(9-23)8-17(16)28/h1-5,8,10-11,15H,6-7H2,(H,24,26,27)/t15-/m1/s1. The highest BCUT2D eigenvalue weighted by Crippen LogP contribution is 2.37. The summed E-state index contributed by atoms with van der Waals surface area (Å²) in [4.78, 5) is 23.8. The number of nitrogens with one attached hydrogen (secondary N) is 1. The third-order valence-electron chi connectivity index (χ3n) is 5.18. The van der Waals surface area contributed by atoms with Gasteiger partial charge in [-0.2, -0.15) is 10.2 Å². The number of halogens is 1. The average Bonchev–Trinajstić information content (AvgIpc) is 3.23. The summed E-state index contributed by atoms with van der Waals surface area (Å²) in [6.07, 6.45) is 3.05. The van der Waals surface area contributed by atoms with Crippen molar-refractivity contribution in [3.05, 3.63) is 76.0 Å². The predicted molar refractivity (Wildman–Crippen MR) is 111 cm³/mol. The zero-order valence-corrected chi connectivity index (χ0v) is 16.4. The normalized spacial score (nSPS) is 14.9. The van der Waals surface area contributed by atoms with Crippen molar-refractivity contribution in [2.75, 3.05) is 11.9 Å². The predicted octanol–water partition coefficient (Wildman–Crippen LogP) is 3.67. The number of imidazole rings is 1. The summed E-state index contributed by atoms with van der Waals surface area (Å²) in [6, 6.07) is 11.2. The number of benzene rings is 2. The maximum Gasteiger partial charge on any atom is 0.329 e. The van der Waals surface area contributed by atoms with E-state index in [0.717, 1.165) is 6.20 Å². The quantitative estimate of drug-likeness (QED) is 0.382. The van der Waals surface area contributed by atoms with Crippen LogP contribution in [0.15, 0.2) is 48.9 Å². The molecule has 32 heavy (non-hydrogen) atoms. The Morgan fingerprint density at radius 3 is 3.00 bits per heavy atom. The number of nitro groups is 1. The van der Waals surface area contributed by atoms with Crippen molar-refractivity contribution in [1.82, 2.24) is 19.5 Å². The summed E-state index contributed by atoms with van der Waals surface area (Å²) in [6.45, 7) is 0.250. The molecular weight excluding hydrogens is 417 g/mol. The van der Waals surface area contributed by atoms with Crippen molar-refractivity contribution in [3.63, 3.8) is 0 Å². The number of hydrogen-bond donors (Lipinski definition) is 1. The number of para-hydroxylation sites is 1. The molecular formula is C21H14FN7O3. The van der Waals surface area contributed by atoms with Gasteiger partial charge in [0.05, 0.1) is 40.2 Å². The Kier molecular flexibility index (Phi) is 4.59. The van der Waals surface area contributed by atoms with Crippen molar-refractivity contribution in [2.45, 2.75) is 12.5 Å². The Hall–Kier alpha value is -4.59. The second-order valence-corrected chi connectivity index (χ2v) is 7.08. The van der Waals surface area contributed by atoms with Gasteiger partial charge >= 0.3 is 5.69 Å². The zero-order valence-electron chi connectivity index (χ0n) is 16.4. The second-order valence-electron chi connectivity index (χ2n) is 7.08. The first-order valence-electron chi connectivity index (χ1n) is 9.62. The lowest BCUT2D eigenvalue weighted by atomic mass is 10.0. The van der Waals surface area contributed by atoms with Gasteiger partial charge in [0.15, 0.2) is 11.6 Å². The molecule has 11 heteroatoms. The van der Waals surface area contributed by atoms with E-state index in [9.17, 15) is 19.8 Å². The Morgan fingerprint density at radius 1 is 1.31 bits per heavy atom. The van der Waals surface area contributed by atoms with Crippen LogP contribution in [0.3, 0.4) is 0 Å². The minimum atomic E-state index is -0.586. The van der Waals surface area contributed by atoms with Gasteiger partial charge < -0.3 is 10.1 Å². The molecule has 3 heterocycles. The van der Waals surface area contributed by atoms with E-state index in [1.54, 1.807) is 34.9 Å². The first-order chi connectivity index (χ1) is 15.5. The Labute approximate surface area is 180 Å². The molecule has 4 aromatic rings. The minimum absolute atomic E-state index is 0.0135. The molecule has 2 aromatic carbocycles. The average molecular weight is 431 g/mol. The van der Waals surface area contributed by atoms with E-state index in [2.05, 4.69) is 26.3 Å². The van der Waals surface area contributed by atoms with E-state index in [1.165, 1.54) is 12.4 Å². The minimum Gasteiger partial charge on any atom is -0.490 e. The fourth-order valence-corrected chi connectivity index (χ4v) is 3.66. The molecule has 0 spiro atoms. The van der Waals surface area contributed by atoms with E-state index in [0.29, 0.717) is 28.6 Å². The molecule has 0 saturated heterocycles. The monoisotopic (exact) mass is 431 g/mol. The zero-order chi connectivity index (χ0) is 22.2. The van der Waals surface area contributed by atoms with Gasteiger partial charge in [-0.1, -0.05) is 12.1 Å². The van der Waals surface area contributed by atoms with Crippen LogP contribution in [0.1, 0.15) is 23.6 Å². The van der Waals surface area contributed by atoms with Crippen molar-refractivity contribution >= 4 is 22.5 Å². The van der Waals surface area contributed by atoms with Gasteiger partial charge in [0.25, 0.3) is 0 Å². The Morgan fingerprint density at radius 2 is 2.19 bits per heavy atom. The molecule has 2 aromatic heterocycles. The topological polar surface area (TPSA) is 132 Å². The van der Waals surface area contributed by atoms with Crippen molar-refractivity contribution in [2.24, 2.45) is 0 Å². The largest absolute Gasteiger partial charge is 0.490 e. The van der Waals surface area contributed by atoms with E-state index < -0.39 is 16.8 Å². The number of fused-ring (bicyclic) bond motifs is 2. The summed E-state index contributed by atoms with van der Waals surface area (Å²) in [5.41, 5.74) is 1.87. The van der Waals surface area contributed by atoms with Gasteiger partial charge in [-0.15, -0.1) is 0 Å². The van der Waals surface area contributed by atoms with Crippen molar-refractivity contribution < 1.29 is 14.1 Å². The molecule has 10 nitrogen and oxygen atoms in total. The number of nitrogens with zero attached hydrogens (tertiary/aromatic N) is 6. The third kappa shape index (κ3) is 3.24. The van der Waals surface area contributed by atoms with Gasteiger partial charge in [-0.25, -0.2) is 14.4 Å².